The number of aliphatic hydroxyl groups is 4. The molecule has 32 nitrogen and oxygen atoms in total. The number of aromatic nitrogens is 6. The highest BCUT2D eigenvalue weighted by Gasteiger charge is 2.53. The summed E-state index contributed by atoms with van der Waals surface area (Å²) in [7, 11) is 4.61. The monoisotopic (exact) mass is 1660 g/mol. The Kier molecular flexibility index (Phi) is 42.9. The number of rotatable bonds is 35. The van der Waals surface area contributed by atoms with Gasteiger partial charge in [0.25, 0.3) is 17.6 Å². The molecule has 2 bridgehead atoms. The topological polar surface area (TPSA) is 415 Å². The Labute approximate surface area is 695 Å². The lowest BCUT2D eigenvalue weighted by molar-refractivity contribution is -0.265. The minimum atomic E-state index is -2.44. The molecule has 4 aliphatic rings. The third-order valence-electron chi connectivity index (χ3n) is 22.3. The number of cyclic esters (lactones) is 1. The third kappa shape index (κ3) is 30.6. The molecule has 0 unspecified atom stereocenters. The zero-order chi connectivity index (χ0) is 85.5. The number of hydrogen-bond acceptors (Lipinski definition) is 27. The third-order valence-corrected chi connectivity index (χ3v) is 22.3. The Morgan fingerprint density at radius 3 is 2.17 bits per heavy atom. The van der Waals surface area contributed by atoms with Gasteiger partial charge in [-0.25, -0.2) is 24.4 Å². The molecule has 0 aromatic carbocycles. The fourth-order valence-electron chi connectivity index (χ4n) is 15.4. The Hall–Kier alpha value is -7.54. The molecule has 1 aliphatic carbocycles. The number of oxime groups is 1. The van der Waals surface area contributed by atoms with Gasteiger partial charge in [0, 0.05) is 121 Å². The van der Waals surface area contributed by atoms with Crippen LogP contribution in [0.4, 0.5) is 5.82 Å². The maximum absolute atomic E-state index is 14.6. The molecule has 118 heavy (non-hydrogen) atoms. The summed E-state index contributed by atoms with van der Waals surface area (Å²) in [6.07, 6.45) is 17.7. The van der Waals surface area contributed by atoms with Crippen molar-refractivity contribution >= 4 is 63.1 Å². The van der Waals surface area contributed by atoms with E-state index in [0.717, 1.165) is 41.4 Å². The lowest BCUT2D eigenvalue weighted by Crippen LogP contribution is -2.61. The smallest absolute Gasteiger partial charge is 0.329 e. The van der Waals surface area contributed by atoms with Crippen molar-refractivity contribution in [3.05, 3.63) is 78.5 Å². The van der Waals surface area contributed by atoms with Crippen molar-refractivity contribution < 1.29 is 101 Å². The van der Waals surface area contributed by atoms with Crippen molar-refractivity contribution in [2.45, 2.75) is 226 Å². The number of aliphatic hydroxyl groups excluding tert-OH is 3. The number of nitrogens with one attached hydrogen (secondary N) is 3. The Bertz CT molecular complexity index is 3850. The van der Waals surface area contributed by atoms with E-state index in [0.29, 0.717) is 184 Å². The summed E-state index contributed by atoms with van der Waals surface area (Å²) in [6, 6.07) is 2.84. The molecule has 1 saturated carbocycles. The number of esters is 1. The molecule has 9 N–H and O–H groups in total. The maximum atomic E-state index is 14.6. The normalized spacial score (nSPS) is 28.4. The Balaban J connectivity index is 0.000000428. The van der Waals surface area contributed by atoms with Gasteiger partial charge in [-0.05, 0) is 146 Å². The van der Waals surface area contributed by atoms with E-state index in [1.54, 1.807) is 47.3 Å². The summed E-state index contributed by atoms with van der Waals surface area (Å²) in [4.78, 5) is 91.3. The second kappa shape index (κ2) is 51.9. The molecule has 4 aromatic heterocycles. The SMILES string of the molecule is CCOCCOCCOCCC(=O)NCCCCn1nc(-c2cnc3[nH]ccc3c2)c2c(N)ncnc21.CCOCCOCCOCCNC(=O)CON=C1[C@H](C)C[C@H](C)/C=C/C=C/C=C(\C)[C@@H](OC)C[C@@H]2CC[C@@H](C)[C@@](O)(O2)C(=O)C(=O)N2CCCC[C@H]2C(=O)O[C@H]([C@H](C)C[C@@H]2CC[C@@H](O)[C@H](OC)C2)C[C@@H](O)[C@H](C)/C=C(\C)[C@@H](O)[C@H]1OC. The molecule has 0 radical (unpaired) electrons. The van der Waals surface area contributed by atoms with E-state index in [1.807, 2.05) is 88.0 Å². The fraction of sp³-hybridized carbons (Fsp3) is 0.698. The van der Waals surface area contributed by atoms with Crippen LogP contribution in [0, 0.1) is 35.5 Å². The summed E-state index contributed by atoms with van der Waals surface area (Å²) in [5.41, 5.74) is 11.0. The summed E-state index contributed by atoms with van der Waals surface area (Å²) < 4.78 is 64.2. The highest BCUT2D eigenvalue weighted by atomic mass is 16.6. The van der Waals surface area contributed by atoms with Crippen molar-refractivity contribution in [1.29, 1.82) is 0 Å². The number of aryl methyl sites for hydroxylation is 1. The number of methoxy groups -OCH3 is 3. The molecule has 4 aromatic rings. The van der Waals surface area contributed by atoms with Crippen LogP contribution in [0.15, 0.2) is 83.6 Å². The second-order valence-electron chi connectivity index (χ2n) is 31.4. The Morgan fingerprint density at radius 1 is 0.763 bits per heavy atom. The molecule has 2 saturated heterocycles. The number of aromatic amines is 1. The van der Waals surface area contributed by atoms with E-state index in [1.165, 1.54) is 18.3 Å². The number of nitrogens with two attached hydrogens (primary N) is 1. The number of unbranched alkanes of at least 4 members (excludes halogenated alkanes) is 1. The van der Waals surface area contributed by atoms with Crippen LogP contribution in [-0.4, -0.2) is 278 Å². The zero-order valence-electron chi connectivity index (χ0n) is 71.6. The van der Waals surface area contributed by atoms with Gasteiger partial charge in [-0.1, -0.05) is 76.2 Å². The molecule has 16 atom stereocenters. The van der Waals surface area contributed by atoms with Gasteiger partial charge in [0.1, 0.15) is 47.8 Å². The second-order valence-corrected chi connectivity index (χ2v) is 31.4. The van der Waals surface area contributed by atoms with E-state index < -0.39 is 96.6 Å². The van der Waals surface area contributed by atoms with E-state index >= 15 is 0 Å². The van der Waals surface area contributed by atoms with E-state index in [-0.39, 0.29) is 68.2 Å². The first-order valence-corrected chi connectivity index (χ1v) is 42.2. The highest BCUT2D eigenvalue weighted by Crippen LogP contribution is 2.39. The van der Waals surface area contributed by atoms with Crippen LogP contribution in [0.5, 0.6) is 0 Å². The molecule has 3 amide bonds. The van der Waals surface area contributed by atoms with Gasteiger partial charge in [-0.3, -0.25) is 19.2 Å². The number of Topliss-reactive ketones (excluding diaryl/α,β-unsaturated/α-hetero) is 1. The quantitative estimate of drug-likeness (QED) is 0.00706. The van der Waals surface area contributed by atoms with Gasteiger partial charge in [0.15, 0.2) is 12.3 Å². The lowest BCUT2D eigenvalue weighted by atomic mass is 9.78. The molecule has 0 spiro atoms. The lowest BCUT2D eigenvalue weighted by Gasteiger charge is -2.43. The molecule has 32 heteroatoms. The molecule has 3 aliphatic heterocycles. The number of carbonyl (C=O) groups excluding carboxylic acids is 5. The van der Waals surface area contributed by atoms with Crippen molar-refractivity contribution in [2.75, 3.05) is 133 Å². The van der Waals surface area contributed by atoms with Crippen molar-refractivity contribution in [3.63, 3.8) is 0 Å². The Morgan fingerprint density at radius 2 is 1.47 bits per heavy atom. The minimum absolute atomic E-state index is 0.00185. The number of carbonyl (C=O) groups is 5. The summed E-state index contributed by atoms with van der Waals surface area (Å²) in [5, 5.41) is 63.5. The number of anilines is 1. The first-order chi connectivity index (χ1) is 56.9. The molecule has 7 heterocycles. The summed E-state index contributed by atoms with van der Waals surface area (Å²) >= 11 is 0. The number of ether oxygens (including phenoxy) is 11. The summed E-state index contributed by atoms with van der Waals surface area (Å²) in [5.74, 6) is -7.22. The van der Waals surface area contributed by atoms with Gasteiger partial charge < -0.3 is 104 Å². The average Bonchev–Trinajstić information content (AvgIpc) is 1.53. The number of amides is 3. The summed E-state index contributed by atoms with van der Waals surface area (Å²) in [6.45, 7) is 23.9. The number of hydrogen-bond donors (Lipinski definition) is 8. The maximum Gasteiger partial charge on any atom is 0.329 e. The first kappa shape index (κ1) is 97.6. The van der Waals surface area contributed by atoms with E-state index in [4.69, 9.17) is 67.8 Å². The van der Waals surface area contributed by atoms with Gasteiger partial charge in [0.2, 0.25) is 11.7 Å². The first-order valence-electron chi connectivity index (χ1n) is 42.2. The molecular weight excluding hydrogens is 1520 g/mol. The van der Waals surface area contributed by atoms with Crippen molar-refractivity contribution in [1.82, 2.24) is 45.2 Å². The van der Waals surface area contributed by atoms with E-state index in [9.17, 15) is 44.4 Å². The number of allylic oxidation sites excluding steroid dienone is 5. The zero-order valence-corrected chi connectivity index (χ0v) is 71.6. The van der Waals surface area contributed by atoms with Crippen LogP contribution in [0.25, 0.3) is 33.3 Å². The van der Waals surface area contributed by atoms with E-state index in [2.05, 4.69) is 42.6 Å². The van der Waals surface area contributed by atoms with Crippen molar-refractivity contribution in [3.8, 4) is 11.3 Å². The number of pyridine rings is 1. The van der Waals surface area contributed by atoms with Crippen LogP contribution in [0.2, 0.25) is 0 Å². The number of H-pyrrole nitrogens is 1. The fourth-order valence-corrected chi connectivity index (χ4v) is 15.4. The predicted molar refractivity (Wildman–Crippen MR) is 445 cm³/mol. The molecule has 8 rings (SSSR count). The standard InChI is InChI=1S/C61H101N3O17.C25H34N8O4/c1-12-76-28-29-78-31-30-77-27-25-62-54(67)38-79-63-55-43(6)32-39(2)18-14-13-15-19-40(3)51(73-9)36-47-23-21-45(8)61(72,81-47)58(69)59(70)64-26-17-16-20-48(64)60(71)80-52(42(5)34-46-22-24-49(65)53(35-46)74-10)37-50(66)41(4)33-44(7)56(68)57(55)75-11;1-2-35-11-12-37-14-13-36-10-6-20(34)27-7-3-4-9-33-25-21(23(26)30-17-31-25)22(32-33)19-15-18-5-8-28-24(18)29-16-19/h13-15,18-19,33,39,41-43,45-53,56-57,65-66,68,72H,12,16-17,20-32,34-38H2,1-11H3,(H,62,67);5,8,15-17H,2-4,6-7,9-14H2,1H3,(H,27,34)(H,28,29)(H2,26,30,31)/b15-13+,18-14+,40-19+,44-33+,63-55?;/t39-,41-,42-,43-,45-,46+,47+,48+,49-,50-,51+,52+,53-,56-,57+,61-;/m1./s1. The number of piperidine rings is 1. The number of ketones is 1. The highest BCUT2D eigenvalue weighted by molar-refractivity contribution is 6.39. The molecule has 660 valence electrons. The van der Waals surface area contributed by atoms with Crippen LogP contribution in [0.1, 0.15) is 159 Å². The van der Waals surface area contributed by atoms with Crippen LogP contribution >= 0.6 is 0 Å². The van der Waals surface area contributed by atoms with Crippen molar-refractivity contribution in [2.24, 2.45) is 40.7 Å². The minimum Gasteiger partial charge on any atom is -0.460 e. The number of nitrogens with zero attached hydrogens (tertiary/aromatic N) is 7. The molecular formula is C86H135N11O21. The van der Waals surface area contributed by atoms with Gasteiger partial charge >= 0.3 is 5.97 Å². The van der Waals surface area contributed by atoms with Crippen LogP contribution in [-0.2, 0) is 87.5 Å². The van der Waals surface area contributed by atoms with Gasteiger partial charge in [-0.2, -0.15) is 5.10 Å². The molecule has 3 fully saturated rings. The van der Waals surface area contributed by atoms with Crippen LogP contribution < -0.4 is 16.4 Å². The van der Waals surface area contributed by atoms with Gasteiger partial charge in [-0.15, -0.1) is 0 Å². The number of nitrogen functional groups attached to an aromatic ring is 1. The average molecular weight is 1660 g/mol. The largest absolute Gasteiger partial charge is 0.460 e. The predicted octanol–water partition coefficient (Wildman–Crippen LogP) is 8.27. The van der Waals surface area contributed by atoms with Crippen LogP contribution in [0.3, 0.4) is 0 Å². The number of fused-ring (bicyclic) bond motifs is 5. The van der Waals surface area contributed by atoms with Gasteiger partial charge in [0.05, 0.1) is 108 Å².